The fourth-order valence-corrected chi connectivity index (χ4v) is 6.66. The maximum Gasteiger partial charge on any atom is 0.254 e. The van der Waals surface area contributed by atoms with Crippen molar-refractivity contribution in [2.24, 2.45) is 0 Å². The number of halogens is 1. The Morgan fingerprint density at radius 3 is 2.55 bits per heavy atom. The summed E-state index contributed by atoms with van der Waals surface area (Å²) in [7, 11) is 1.14. The molecule has 3 aromatic carbocycles. The number of fused-ring (bicyclic) bond motifs is 1. The van der Waals surface area contributed by atoms with E-state index in [9.17, 15) is 18.7 Å². The van der Waals surface area contributed by atoms with Crippen LogP contribution in [0, 0.1) is 17.1 Å². The molecule has 1 amide bonds. The lowest BCUT2D eigenvalue weighted by Crippen LogP contribution is -2.61. The van der Waals surface area contributed by atoms with E-state index in [0.29, 0.717) is 23.7 Å². The van der Waals surface area contributed by atoms with E-state index in [1.165, 1.54) is 12.1 Å². The van der Waals surface area contributed by atoms with Crippen molar-refractivity contribution >= 4 is 27.5 Å². The van der Waals surface area contributed by atoms with E-state index < -0.39 is 10.8 Å². The smallest absolute Gasteiger partial charge is 0.254 e. The Morgan fingerprint density at radius 2 is 1.84 bits per heavy atom. The third-order valence-electron chi connectivity index (χ3n) is 7.86. The van der Waals surface area contributed by atoms with E-state index >= 15 is 0 Å². The number of carbonyl (C=O) groups excluding carboxylic acids is 1. The van der Waals surface area contributed by atoms with Crippen molar-refractivity contribution in [3.8, 4) is 6.07 Å². The number of likely N-dealkylation sites (N-methyl/N-ethyl adjacent to an activating group) is 1. The summed E-state index contributed by atoms with van der Waals surface area (Å²) in [5, 5.41) is 11.2. The van der Waals surface area contributed by atoms with Gasteiger partial charge in [-0.05, 0) is 53.6 Å². The number of hydrogen-bond donors (Lipinski definition) is 0. The molecule has 0 bridgehead atoms. The molecule has 1 atom stereocenters. The first kappa shape index (κ1) is 26.5. The molecule has 2 heterocycles. The van der Waals surface area contributed by atoms with E-state index in [1.807, 2.05) is 36.4 Å². The van der Waals surface area contributed by atoms with Gasteiger partial charge in [0.1, 0.15) is 5.82 Å². The van der Waals surface area contributed by atoms with Crippen molar-refractivity contribution in [3.05, 3.63) is 83.2 Å². The van der Waals surface area contributed by atoms with Gasteiger partial charge in [0.25, 0.3) is 5.91 Å². The van der Waals surface area contributed by atoms with Crippen LogP contribution in [0.5, 0.6) is 0 Å². The SMILES string of the molecule is CN(CC(CCN1CC(N2CCS(=O)CC2)C1)c1ccc(F)cc1)C(=O)c1cc(C#N)cc2ccccc12. The Balaban J connectivity index is 1.27. The lowest BCUT2D eigenvalue weighted by atomic mass is 9.93. The Kier molecular flexibility index (Phi) is 8.18. The minimum Gasteiger partial charge on any atom is -0.341 e. The number of carbonyl (C=O) groups is 1. The number of benzene rings is 3. The molecule has 38 heavy (non-hydrogen) atoms. The molecule has 198 valence electrons. The lowest BCUT2D eigenvalue weighted by Gasteiger charge is -2.47. The van der Waals surface area contributed by atoms with Crippen LogP contribution in [0.15, 0.2) is 60.7 Å². The Morgan fingerprint density at radius 1 is 1.13 bits per heavy atom. The van der Waals surface area contributed by atoms with Crippen LogP contribution in [0.2, 0.25) is 0 Å². The zero-order chi connectivity index (χ0) is 26.6. The minimum atomic E-state index is -0.660. The Labute approximate surface area is 226 Å². The van der Waals surface area contributed by atoms with Gasteiger partial charge < -0.3 is 9.80 Å². The van der Waals surface area contributed by atoms with Crippen LogP contribution in [-0.4, -0.2) is 88.7 Å². The predicted octanol–water partition coefficient (Wildman–Crippen LogP) is 3.84. The number of amides is 1. The summed E-state index contributed by atoms with van der Waals surface area (Å²) < 4.78 is 25.3. The van der Waals surface area contributed by atoms with E-state index in [2.05, 4.69) is 15.9 Å². The van der Waals surface area contributed by atoms with Crippen molar-refractivity contribution in [1.82, 2.24) is 14.7 Å². The van der Waals surface area contributed by atoms with E-state index in [0.717, 1.165) is 67.0 Å². The fraction of sp³-hybridized carbons (Fsp3) is 0.400. The topological polar surface area (TPSA) is 67.7 Å². The summed E-state index contributed by atoms with van der Waals surface area (Å²) in [6.07, 6.45) is 0.846. The molecule has 3 aromatic rings. The summed E-state index contributed by atoms with van der Waals surface area (Å²) in [6.45, 7) is 5.22. The lowest BCUT2D eigenvalue weighted by molar-refractivity contribution is 0.0367. The van der Waals surface area contributed by atoms with Crippen molar-refractivity contribution in [2.75, 3.05) is 57.8 Å². The normalized spacial score (nSPS) is 18.1. The third-order valence-corrected chi connectivity index (χ3v) is 9.14. The number of nitriles is 1. The monoisotopic (exact) mass is 532 g/mol. The minimum absolute atomic E-state index is 0.0476. The molecule has 2 aliphatic heterocycles. The highest BCUT2D eigenvalue weighted by molar-refractivity contribution is 7.85. The maximum absolute atomic E-state index is 13.7. The number of nitrogens with zero attached hydrogens (tertiary/aromatic N) is 4. The second kappa shape index (κ2) is 11.7. The van der Waals surface area contributed by atoms with Gasteiger partial charge in [0, 0.05) is 79.6 Å². The molecule has 6 nitrogen and oxygen atoms in total. The van der Waals surface area contributed by atoms with E-state index in [4.69, 9.17) is 0 Å². The second-order valence-corrected chi connectivity index (χ2v) is 12.1. The van der Waals surface area contributed by atoms with Crippen LogP contribution in [-0.2, 0) is 10.8 Å². The largest absolute Gasteiger partial charge is 0.341 e. The Hall–Kier alpha value is -3.12. The van der Waals surface area contributed by atoms with Gasteiger partial charge in [0.05, 0.1) is 11.6 Å². The molecule has 0 spiro atoms. The second-order valence-electron chi connectivity index (χ2n) is 10.4. The van der Waals surface area contributed by atoms with Crippen molar-refractivity contribution in [3.63, 3.8) is 0 Å². The zero-order valence-electron chi connectivity index (χ0n) is 21.7. The zero-order valence-corrected chi connectivity index (χ0v) is 22.5. The molecule has 0 radical (unpaired) electrons. The fourth-order valence-electron chi connectivity index (χ4n) is 5.58. The highest BCUT2D eigenvalue weighted by Crippen LogP contribution is 2.27. The molecule has 1 unspecified atom stereocenters. The van der Waals surface area contributed by atoms with Crippen LogP contribution >= 0.6 is 0 Å². The van der Waals surface area contributed by atoms with Gasteiger partial charge in [-0.25, -0.2) is 4.39 Å². The highest BCUT2D eigenvalue weighted by Gasteiger charge is 2.33. The number of likely N-dealkylation sites (tertiary alicyclic amines) is 1. The molecule has 5 rings (SSSR count). The molecule has 2 aliphatic rings. The Bertz CT molecular complexity index is 1360. The van der Waals surface area contributed by atoms with Crippen LogP contribution in [0.3, 0.4) is 0 Å². The maximum atomic E-state index is 13.7. The molecule has 0 N–H and O–H groups in total. The quantitative estimate of drug-likeness (QED) is 0.441. The standard InChI is InChI=1S/C30H33FN4O2S/c1-33(30(36)29-17-22(18-32)16-24-4-2-3-5-28(24)29)19-25(23-6-8-26(31)9-7-23)10-11-34-20-27(21-34)35-12-14-38(37)15-13-35/h2-9,16-17,25,27H,10-15,19-21H2,1H3. The van der Waals surface area contributed by atoms with Gasteiger partial charge in [-0.1, -0.05) is 36.4 Å². The van der Waals surface area contributed by atoms with Crippen LogP contribution in [0.25, 0.3) is 10.8 Å². The molecule has 0 aliphatic carbocycles. The van der Waals surface area contributed by atoms with Crippen molar-refractivity contribution in [1.29, 1.82) is 5.26 Å². The van der Waals surface area contributed by atoms with Gasteiger partial charge in [-0.15, -0.1) is 0 Å². The first-order valence-electron chi connectivity index (χ1n) is 13.2. The molecule has 8 heteroatoms. The summed E-state index contributed by atoms with van der Waals surface area (Å²) in [6, 6.07) is 20.4. The molecular formula is C30H33FN4O2S. The van der Waals surface area contributed by atoms with Gasteiger partial charge in [-0.3, -0.25) is 13.9 Å². The third kappa shape index (κ3) is 5.96. The summed E-state index contributed by atoms with van der Waals surface area (Å²) in [4.78, 5) is 20.2. The molecular weight excluding hydrogens is 499 g/mol. The number of hydrogen-bond acceptors (Lipinski definition) is 5. The van der Waals surface area contributed by atoms with Crippen LogP contribution in [0.1, 0.15) is 33.8 Å². The van der Waals surface area contributed by atoms with Crippen LogP contribution in [0.4, 0.5) is 4.39 Å². The predicted molar refractivity (Wildman–Crippen MR) is 149 cm³/mol. The van der Waals surface area contributed by atoms with Crippen molar-refractivity contribution < 1.29 is 13.4 Å². The first-order chi connectivity index (χ1) is 18.4. The molecule has 0 aromatic heterocycles. The van der Waals surface area contributed by atoms with Gasteiger partial charge in [-0.2, -0.15) is 5.26 Å². The molecule has 2 fully saturated rings. The summed E-state index contributed by atoms with van der Waals surface area (Å²) in [5.41, 5.74) is 1.99. The summed E-state index contributed by atoms with van der Waals surface area (Å²) >= 11 is 0. The molecule has 2 saturated heterocycles. The van der Waals surface area contributed by atoms with Gasteiger partial charge in [0.2, 0.25) is 0 Å². The number of rotatable bonds is 8. The average Bonchev–Trinajstić information content (AvgIpc) is 2.91. The van der Waals surface area contributed by atoms with Gasteiger partial charge in [0.15, 0.2) is 0 Å². The average molecular weight is 533 g/mol. The summed E-state index contributed by atoms with van der Waals surface area (Å²) in [5.74, 6) is 1.19. The highest BCUT2D eigenvalue weighted by atomic mass is 32.2. The van der Waals surface area contributed by atoms with Crippen molar-refractivity contribution in [2.45, 2.75) is 18.4 Å². The van der Waals surface area contributed by atoms with E-state index in [1.54, 1.807) is 24.1 Å². The first-order valence-corrected chi connectivity index (χ1v) is 14.7. The van der Waals surface area contributed by atoms with Gasteiger partial charge >= 0.3 is 0 Å². The van der Waals surface area contributed by atoms with Crippen LogP contribution < -0.4 is 0 Å². The van der Waals surface area contributed by atoms with E-state index in [-0.39, 0.29) is 17.6 Å². The molecule has 0 saturated carbocycles.